The fourth-order valence-corrected chi connectivity index (χ4v) is 2.50. The van der Waals surface area contributed by atoms with E-state index in [0.29, 0.717) is 11.1 Å². The van der Waals surface area contributed by atoms with Crippen LogP contribution < -0.4 is 11.1 Å². The Morgan fingerprint density at radius 1 is 1.20 bits per heavy atom. The summed E-state index contributed by atoms with van der Waals surface area (Å²) in [6, 6.07) is 2.88. The van der Waals surface area contributed by atoms with Crippen LogP contribution in [0.3, 0.4) is 0 Å². The first-order chi connectivity index (χ1) is 11.7. The molecule has 7 nitrogen and oxygen atoms in total. The number of nitrogens with two attached hydrogens (primary N) is 1. The summed E-state index contributed by atoms with van der Waals surface area (Å²) in [5, 5.41) is 2.77. The number of imide groups is 1. The fourth-order valence-electron chi connectivity index (χ4n) is 2.50. The van der Waals surface area contributed by atoms with Crippen molar-refractivity contribution in [1.82, 2.24) is 5.32 Å². The zero-order valence-electron chi connectivity index (χ0n) is 14.7. The summed E-state index contributed by atoms with van der Waals surface area (Å²) in [5.74, 6) is -1.63. The number of hydrogen-bond donors (Lipinski definition) is 2. The van der Waals surface area contributed by atoms with Crippen molar-refractivity contribution in [3.8, 4) is 0 Å². The highest BCUT2D eigenvalue weighted by molar-refractivity contribution is 5.97. The number of hydrogen-bond acceptors (Lipinski definition) is 5. The fraction of sp³-hybridized carbons (Fsp3) is 0.389. The molecule has 1 atom stereocenters. The van der Waals surface area contributed by atoms with E-state index in [0.717, 1.165) is 16.5 Å². The molecule has 25 heavy (non-hydrogen) atoms. The Morgan fingerprint density at radius 3 is 2.44 bits per heavy atom. The lowest BCUT2D eigenvalue weighted by Crippen LogP contribution is -2.45. The van der Waals surface area contributed by atoms with Gasteiger partial charge in [0.05, 0.1) is 12.7 Å². The summed E-state index contributed by atoms with van der Waals surface area (Å²) in [4.78, 5) is 35.0. The molecule has 1 heterocycles. The number of carbonyl (C=O) groups is 3. The maximum Gasteiger partial charge on any atom is 0.318 e. The van der Waals surface area contributed by atoms with Crippen molar-refractivity contribution in [2.45, 2.75) is 40.2 Å². The third-order valence-electron chi connectivity index (χ3n) is 3.97. The van der Waals surface area contributed by atoms with E-state index < -0.39 is 24.0 Å². The molecule has 0 aliphatic heterocycles. The second kappa shape index (κ2) is 7.38. The highest BCUT2D eigenvalue weighted by atomic mass is 16.5. The van der Waals surface area contributed by atoms with Gasteiger partial charge in [0.2, 0.25) is 0 Å². The van der Waals surface area contributed by atoms with Gasteiger partial charge in [-0.1, -0.05) is 13.8 Å². The number of amides is 3. The van der Waals surface area contributed by atoms with Crippen molar-refractivity contribution >= 4 is 28.9 Å². The van der Waals surface area contributed by atoms with Crippen LogP contribution in [0, 0.1) is 19.8 Å². The van der Waals surface area contributed by atoms with E-state index >= 15 is 0 Å². The van der Waals surface area contributed by atoms with Crippen LogP contribution in [0.25, 0.3) is 11.0 Å². The predicted octanol–water partition coefficient (Wildman–Crippen LogP) is 2.35. The number of benzene rings is 1. The molecule has 2 aromatic rings. The second-order valence-corrected chi connectivity index (χ2v) is 6.38. The van der Waals surface area contributed by atoms with Gasteiger partial charge in [-0.2, -0.15) is 0 Å². The molecule has 0 radical (unpaired) electrons. The first-order valence-corrected chi connectivity index (χ1v) is 7.96. The third-order valence-corrected chi connectivity index (χ3v) is 3.97. The van der Waals surface area contributed by atoms with Crippen LogP contribution >= 0.6 is 0 Å². The number of ether oxygens (including phenoxy) is 1. The minimum atomic E-state index is -1.10. The first-order valence-electron chi connectivity index (χ1n) is 7.96. The summed E-state index contributed by atoms with van der Waals surface area (Å²) in [7, 11) is 0. The van der Waals surface area contributed by atoms with Crippen LogP contribution in [-0.4, -0.2) is 24.0 Å². The van der Waals surface area contributed by atoms with Gasteiger partial charge in [-0.15, -0.1) is 0 Å². The summed E-state index contributed by atoms with van der Waals surface area (Å²) in [6.07, 6.45) is 0.378. The molecular weight excluding hydrogens is 324 g/mol. The van der Waals surface area contributed by atoms with Crippen molar-refractivity contribution in [1.29, 1.82) is 0 Å². The molecule has 3 N–H and O–H groups in total. The van der Waals surface area contributed by atoms with Gasteiger partial charge in [-0.3, -0.25) is 14.9 Å². The van der Waals surface area contributed by atoms with E-state index in [1.807, 2.05) is 31.3 Å². The smallest absolute Gasteiger partial charge is 0.318 e. The van der Waals surface area contributed by atoms with Crippen LogP contribution in [0.1, 0.15) is 30.5 Å². The van der Waals surface area contributed by atoms with Crippen molar-refractivity contribution < 1.29 is 23.5 Å². The quantitative estimate of drug-likeness (QED) is 0.807. The molecule has 134 valence electrons. The van der Waals surface area contributed by atoms with Gasteiger partial charge in [-0.05, 0) is 43.0 Å². The summed E-state index contributed by atoms with van der Waals surface area (Å²) >= 11 is 0. The number of rotatable bonds is 5. The van der Waals surface area contributed by atoms with Gasteiger partial charge in [0.1, 0.15) is 5.58 Å². The minimum Gasteiger partial charge on any atom is -0.464 e. The zero-order valence-corrected chi connectivity index (χ0v) is 14.7. The number of carbonyl (C=O) groups excluding carboxylic acids is 3. The van der Waals surface area contributed by atoms with Crippen LogP contribution in [0.4, 0.5) is 4.79 Å². The lowest BCUT2D eigenvalue weighted by molar-refractivity contribution is -0.157. The molecular formula is C18H22N2O5. The van der Waals surface area contributed by atoms with E-state index in [-0.39, 0.29) is 12.3 Å². The molecule has 0 unspecified atom stereocenters. The van der Waals surface area contributed by atoms with Crippen LogP contribution in [0.5, 0.6) is 0 Å². The second-order valence-electron chi connectivity index (χ2n) is 6.38. The lowest BCUT2D eigenvalue weighted by Gasteiger charge is -2.19. The summed E-state index contributed by atoms with van der Waals surface area (Å²) < 4.78 is 10.7. The molecule has 2 rings (SSSR count). The van der Waals surface area contributed by atoms with Crippen LogP contribution in [0.2, 0.25) is 0 Å². The standard InChI is InChI=1S/C18H22N2O5/c1-9(2)16(17(22)20-18(19)23)25-15(21)7-12-8-24-14-6-11(4)10(3)5-13(12)14/h5-6,8-9,16H,7H2,1-4H3,(H3,19,20,22,23)/t16-/m1/s1. The van der Waals surface area contributed by atoms with E-state index in [1.54, 1.807) is 13.8 Å². The van der Waals surface area contributed by atoms with Gasteiger partial charge in [0.25, 0.3) is 5.91 Å². The zero-order chi connectivity index (χ0) is 18.7. The van der Waals surface area contributed by atoms with Crippen LogP contribution in [0.15, 0.2) is 22.8 Å². The molecule has 0 spiro atoms. The molecule has 7 heteroatoms. The first kappa shape index (κ1) is 18.5. The lowest BCUT2D eigenvalue weighted by atomic mass is 10.0. The predicted molar refractivity (Wildman–Crippen MR) is 91.8 cm³/mol. The number of fused-ring (bicyclic) bond motifs is 1. The van der Waals surface area contributed by atoms with Crippen molar-refractivity contribution in [2.75, 3.05) is 0 Å². The van der Waals surface area contributed by atoms with Crippen molar-refractivity contribution in [3.05, 3.63) is 35.1 Å². The average Bonchev–Trinajstić information content (AvgIpc) is 2.86. The van der Waals surface area contributed by atoms with Crippen LogP contribution in [-0.2, 0) is 20.7 Å². The van der Waals surface area contributed by atoms with Gasteiger partial charge in [-0.25, -0.2) is 4.79 Å². The summed E-state index contributed by atoms with van der Waals surface area (Å²) in [6.45, 7) is 7.37. The molecule has 1 aromatic carbocycles. The Kier molecular flexibility index (Phi) is 5.46. The molecule has 0 bridgehead atoms. The van der Waals surface area contributed by atoms with Gasteiger partial charge < -0.3 is 14.9 Å². The number of esters is 1. The monoisotopic (exact) mass is 346 g/mol. The Labute approximate surface area is 145 Å². The Bertz CT molecular complexity index is 822. The maximum absolute atomic E-state index is 12.3. The topological polar surface area (TPSA) is 112 Å². The molecule has 0 aliphatic carbocycles. The normalized spacial score (nSPS) is 12.2. The van der Waals surface area contributed by atoms with E-state index in [1.165, 1.54) is 6.26 Å². The Hall–Kier alpha value is -2.83. The minimum absolute atomic E-state index is 0.0391. The SMILES string of the molecule is Cc1cc2occ(CC(=O)O[C@@H](C(=O)NC(N)=O)C(C)C)c2cc1C. The van der Waals surface area contributed by atoms with Gasteiger partial charge in [0.15, 0.2) is 6.10 Å². The number of furan rings is 1. The van der Waals surface area contributed by atoms with Gasteiger partial charge >= 0.3 is 12.0 Å². The van der Waals surface area contributed by atoms with E-state index in [9.17, 15) is 14.4 Å². The Balaban J connectivity index is 2.14. The van der Waals surface area contributed by atoms with E-state index in [2.05, 4.69) is 0 Å². The number of aryl methyl sites for hydroxylation is 2. The van der Waals surface area contributed by atoms with Crippen molar-refractivity contribution in [2.24, 2.45) is 11.7 Å². The molecule has 0 saturated heterocycles. The number of primary amides is 1. The van der Waals surface area contributed by atoms with E-state index in [4.69, 9.17) is 14.9 Å². The molecule has 0 aliphatic rings. The number of nitrogens with one attached hydrogen (secondary N) is 1. The summed E-state index contributed by atoms with van der Waals surface area (Å²) in [5.41, 5.74) is 8.49. The van der Waals surface area contributed by atoms with Gasteiger partial charge in [0, 0.05) is 10.9 Å². The maximum atomic E-state index is 12.3. The molecule has 0 fully saturated rings. The molecule has 0 saturated carbocycles. The largest absolute Gasteiger partial charge is 0.464 e. The van der Waals surface area contributed by atoms with Crippen molar-refractivity contribution in [3.63, 3.8) is 0 Å². The molecule has 3 amide bonds. The number of urea groups is 1. The third kappa shape index (κ3) is 4.37. The highest BCUT2D eigenvalue weighted by Crippen LogP contribution is 2.25. The highest BCUT2D eigenvalue weighted by Gasteiger charge is 2.27. The molecule has 1 aromatic heterocycles. The Morgan fingerprint density at radius 2 is 1.84 bits per heavy atom. The average molecular weight is 346 g/mol.